The van der Waals surface area contributed by atoms with Crippen molar-refractivity contribution in [2.75, 3.05) is 13.7 Å². The van der Waals surface area contributed by atoms with Gasteiger partial charge in [0.25, 0.3) is 10.1 Å². The van der Waals surface area contributed by atoms with Crippen LogP contribution in [0.15, 0.2) is 17.0 Å². The number of halogens is 1. The van der Waals surface area contributed by atoms with Crippen molar-refractivity contribution in [3.63, 3.8) is 0 Å². The Bertz CT molecular complexity index is 894. The molecular weight excluding hydrogens is 329 g/mol. The number of hydrogen-bond donors (Lipinski definition) is 1. The SMILES string of the molecule is CCOC(=O)c1c(OC)nc2ccc(F)c(C)c2c1S(=O)(=O)O. The Hall–Kier alpha value is -2.26. The maximum absolute atomic E-state index is 13.8. The second-order valence-corrected chi connectivity index (χ2v) is 5.95. The number of carbonyl (C=O) groups is 1. The van der Waals surface area contributed by atoms with Crippen molar-refractivity contribution in [3.05, 3.63) is 29.1 Å². The normalized spacial score (nSPS) is 11.5. The fourth-order valence-corrected chi connectivity index (χ4v) is 3.17. The molecule has 0 saturated heterocycles. The highest BCUT2D eigenvalue weighted by Gasteiger charge is 2.31. The minimum Gasteiger partial charge on any atom is -0.480 e. The fourth-order valence-electron chi connectivity index (χ4n) is 2.23. The fraction of sp³-hybridized carbons (Fsp3) is 0.286. The Morgan fingerprint density at radius 3 is 2.57 bits per heavy atom. The smallest absolute Gasteiger partial charge is 0.345 e. The maximum atomic E-state index is 13.8. The average molecular weight is 343 g/mol. The number of hydrogen-bond acceptors (Lipinski definition) is 6. The van der Waals surface area contributed by atoms with Crippen molar-refractivity contribution in [2.24, 2.45) is 0 Å². The van der Waals surface area contributed by atoms with E-state index in [0.717, 1.165) is 6.07 Å². The topological polar surface area (TPSA) is 103 Å². The first kappa shape index (κ1) is 17.1. The van der Waals surface area contributed by atoms with Gasteiger partial charge in [-0.25, -0.2) is 14.2 Å². The van der Waals surface area contributed by atoms with Gasteiger partial charge in [-0.05, 0) is 31.5 Å². The third kappa shape index (κ3) is 2.97. The molecule has 124 valence electrons. The molecule has 0 aliphatic rings. The first-order valence-corrected chi connectivity index (χ1v) is 7.97. The van der Waals surface area contributed by atoms with Gasteiger partial charge < -0.3 is 9.47 Å². The van der Waals surface area contributed by atoms with Crippen LogP contribution in [0.25, 0.3) is 10.9 Å². The Morgan fingerprint density at radius 1 is 1.39 bits per heavy atom. The molecule has 0 aliphatic heterocycles. The van der Waals surface area contributed by atoms with Gasteiger partial charge in [0.15, 0.2) is 0 Å². The third-order valence-corrected chi connectivity index (χ3v) is 4.12. The highest BCUT2D eigenvalue weighted by molar-refractivity contribution is 7.86. The number of fused-ring (bicyclic) bond motifs is 1. The monoisotopic (exact) mass is 343 g/mol. The first-order valence-electron chi connectivity index (χ1n) is 6.53. The molecule has 0 aliphatic carbocycles. The van der Waals surface area contributed by atoms with Gasteiger partial charge in [-0.1, -0.05) is 0 Å². The number of carbonyl (C=O) groups excluding carboxylic acids is 1. The number of pyridine rings is 1. The van der Waals surface area contributed by atoms with Crippen molar-refractivity contribution in [1.29, 1.82) is 0 Å². The number of esters is 1. The molecule has 0 amide bonds. The Morgan fingerprint density at radius 2 is 2.04 bits per heavy atom. The standard InChI is InChI=1S/C14H14FNO6S/c1-4-22-14(17)11-12(23(18,19)20)10-7(2)8(15)5-6-9(10)16-13(11)21-3/h5-6H,4H2,1-3H3,(H,18,19,20). The van der Waals surface area contributed by atoms with E-state index in [2.05, 4.69) is 4.98 Å². The molecule has 7 nitrogen and oxygen atoms in total. The Labute approximate surface area is 131 Å². The van der Waals surface area contributed by atoms with Gasteiger partial charge in [0, 0.05) is 5.39 Å². The summed E-state index contributed by atoms with van der Waals surface area (Å²) < 4.78 is 56.9. The predicted molar refractivity (Wildman–Crippen MR) is 78.8 cm³/mol. The van der Waals surface area contributed by atoms with Crippen molar-refractivity contribution in [1.82, 2.24) is 4.98 Å². The summed E-state index contributed by atoms with van der Waals surface area (Å²) in [6, 6.07) is 2.33. The molecule has 0 radical (unpaired) electrons. The predicted octanol–water partition coefficient (Wildman–Crippen LogP) is 2.11. The number of nitrogens with zero attached hydrogens (tertiary/aromatic N) is 1. The Kier molecular flexibility index (Phi) is 4.53. The molecule has 1 heterocycles. The number of methoxy groups -OCH3 is 1. The molecule has 0 unspecified atom stereocenters. The molecule has 1 aromatic heterocycles. The zero-order valence-corrected chi connectivity index (χ0v) is 13.4. The van der Waals surface area contributed by atoms with Crippen LogP contribution in [0.5, 0.6) is 5.88 Å². The summed E-state index contributed by atoms with van der Waals surface area (Å²) in [5.74, 6) is -2.09. The second-order valence-electron chi connectivity index (χ2n) is 4.59. The molecule has 0 bridgehead atoms. The number of aromatic nitrogens is 1. The van der Waals surface area contributed by atoms with Crippen LogP contribution in [-0.4, -0.2) is 37.6 Å². The minimum absolute atomic E-state index is 0.0346. The van der Waals surface area contributed by atoms with E-state index in [-0.39, 0.29) is 29.0 Å². The number of aryl methyl sites for hydroxylation is 1. The first-order chi connectivity index (χ1) is 10.7. The van der Waals surface area contributed by atoms with E-state index in [4.69, 9.17) is 9.47 Å². The Balaban J connectivity index is 3.08. The summed E-state index contributed by atoms with van der Waals surface area (Å²) in [5.41, 5.74) is -0.588. The third-order valence-electron chi connectivity index (χ3n) is 3.20. The van der Waals surface area contributed by atoms with Gasteiger partial charge in [0.1, 0.15) is 16.3 Å². The molecule has 9 heteroatoms. The molecule has 1 aromatic carbocycles. The van der Waals surface area contributed by atoms with Crippen LogP contribution in [0.4, 0.5) is 4.39 Å². The molecule has 0 atom stereocenters. The van der Waals surface area contributed by atoms with Crippen molar-refractivity contribution in [3.8, 4) is 5.88 Å². The zero-order valence-electron chi connectivity index (χ0n) is 12.6. The molecule has 2 aromatic rings. The lowest BCUT2D eigenvalue weighted by Gasteiger charge is -2.15. The van der Waals surface area contributed by atoms with Crippen molar-refractivity contribution in [2.45, 2.75) is 18.7 Å². The van der Waals surface area contributed by atoms with Crippen LogP contribution in [0.2, 0.25) is 0 Å². The van der Waals surface area contributed by atoms with Gasteiger partial charge in [-0.2, -0.15) is 8.42 Å². The van der Waals surface area contributed by atoms with Crippen LogP contribution in [0, 0.1) is 12.7 Å². The van der Waals surface area contributed by atoms with Gasteiger partial charge in [0.05, 0.1) is 19.2 Å². The van der Waals surface area contributed by atoms with Gasteiger partial charge in [-0.3, -0.25) is 4.55 Å². The molecule has 0 fully saturated rings. The van der Waals surface area contributed by atoms with Crippen molar-refractivity contribution < 1.29 is 31.6 Å². The summed E-state index contributed by atoms with van der Waals surface area (Å²) in [6.45, 7) is 2.80. The lowest BCUT2D eigenvalue weighted by Crippen LogP contribution is -2.15. The van der Waals surface area contributed by atoms with Crippen LogP contribution < -0.4 is 4.74 Å². The summed E-state index contributed by atoms with van der Waals surface area (Å²) >= 11 is 0. The molecule has 23 heavy (non-hydrogen) atoms. The molecule has 0 saturated carbocycles. The summed E-state index contributed by atoms with van der Waals surface area (Å²) in [5, 5.41) is -0.198. The van der Waals surface area contributed by atoms with E-state index < -0.39 is 32.4 Å². The van der Waals surface area contributed by atoms with Crippen LogP contribution in [0.3, 0.4) is 0 Å². The molecule has 1 N–H and O–H groups in total. The highest BCUT2D eigenvalue weighted by atomic mass is 32.2. The zero-order chi connectivity index (χ0) is 17.4. The average Bonchev–Trinajstić information content (AvgIpc) is 2.48. The summed E-state index contributed by atoms with van der Waals surface area (Å²) in [6.07, 6.45) is 0. The van der Waals surface area contributed by atoms with E-state index in [1.807, 2.05) is 0 Å². The quantitative estimate of drug-likeness (QED) is 0.670. The van der Waals surface area contributed by atoms with Crippen LogP contribution in [0.1, 0.15) is 22.8 Å². The minimum atomic E-state index is -4.88. The van der Waals surface area contributed by atoms with E-state index in [1.165, 1.54) is 27.0 Å². The molecule has 0 spiro atoms. The largest absolute Gasteiger partial charge is 0.480 e. The molecule has 2 rings (SSSR count). The maximum Gasteiger partial charge on any atom is 0.345 e. The summed E-state index contributed by atoms with van der Waals surface area (Å²) in [7, 11) is -3.70. The van der Waals surface area contributed by atoms with E-state index >= 15 is 0 Å². The lowest BCUT2D eigenvalue weighted by atomic mass is 10.1. The summed E-state index contributed by atoms with van der Waals surface area (Å²) in [4.78, 5) is 15.3. The van der Waals surface area contributed by atoms with Crippen LogP contribution in [-0.2, 0) is 14.9 Å². The second kappa shape index (κ2) is 6.09. The van der Waals surface area contributed by atoms with Gasteiger partial charge in [-0.15, -0.1) is 0 Å². The van der Waals surface area contributed by atoms with Crippen LogP contribution >= 0.6 is 0 Å². The number of rotatable bonds is 4. The lowest BCUT2D eigenvalue weighted by molar-refractivity contribution is 0.0517. The number of benzene rings is 1. The van der Waals surface area contributed by atoms with Gasteiger partial charge in [0.2, 0.25) is 5.88 Å². The number of ether oxygens (including phenoxy) is 2. The van der Waals surface area contributed by atoms with Crippen molar-refractivity contribution >= 4 is 27.0 Å². The molecular formula is C14H14FNO6S. The van der Waals surface area contributed by atoms with E-state index in [9.17, 15) is 22.2 Å². The highest BCUT2D eigenvalue weighted by Crippen LogP contribution is 2.34. The van der Waals surface area contributed by atoms with E-state index in [1.54, 1.807) is 0 Å². The van der Waals surface area contributed by atoms with E-state index in [0.29, 0.717) is 0 Å². The van der Waals surface area contributed by atoms with Gasteiger partial charge >= 0.3 is 5.97 Å².